The second kappa shape index (κ2) is 7.62. The fraction of sp³-hybridized carbons (Fsp3) is 0.174. The first-order valence-electron chi connectivity index (χ1n) is 9.92. The van der Waals surface area contributed by atoms with Crippen LogP contribution in [0.15, 0.2) is 82.2 Å². The molecule has 5 nitrogen and oxygen atoms in total. The van der Waals surface area contributed by atoms with E-state index >= 15 is 0 Å². The molecule has 3 aromatic rings. The molecule has 0 unspecified atom stereocenters. The minimum Gasteiger partial charge on any atom is -0.357 e. The van der Waals surface area contributed by atoms with E-state index in [0.717, 1.165) is 22.7 Å². The van der Waals surface area contributed by atoms with Gasteiger partial charge in [-0.25, -0.2) is 12.8 Å². The highest BCUT2D eigenvalue weighted by Crippen LogP contribution is 2.48. The van der Waals surface area contributed by atoms with Crippen LogP contribution in [-0.4, -0.2) is 14.2 Å². The minimum atomic E-state index is -4.12. The SMILES string of the molecule is O=C1CCCC2=C1[C@H](c1cccs1)N(S(=O)(=O)c1ccc(F)cc1)c1ccccc1N2. The lowest BCUT2D eigenvalue weighted by atomic mass is 9.89. The number of nitrogens with zero attached hydrogens (tertiary/aromatic N) is 1. The standard InChI is InChI=1S/C23H19FN2O3S2/c24-15-10-12-16(13-11-15)31(28,29)26-19-7-2-1-5-17(19)25-18-6-3-8-20(27)22(18)23(26)21-9-4-14-30-21/h1-2,4-5,7,9-14,23,25H,3,6,8H2/t23-/m0/s1. The summed E-state index contributed by atoms with van der Waals surface area (Å²) in [6.07, 6.45) is 1.76. The molecule has 1 atom stereocenters. The Balaban J connectivity index is 1.82. The third-order valence-corrected chi connectivity index (χ3v) is 8.29. The molecule has 0 saturated heterocycles. The van der Waals surface area contributed by atoms with Crippen molar-refractivity contribution >= 4 is 38.5 Å². The predicted octanol–water partition coefficient (Wildman–Crippen LogP) is 5.26. The van der Waals surface area contributed by atoms with Crippen molar-refractivity contribution in [2.24, 2.45) is 0 Å². The lowest BCUT2D eigenvalue weighted by Crippen LogP contribution is -2.37. The molecule has 1 aliphatic heterocycles. The number of anilines is 2. The van der Waals surface area contributed by atoms with Gasteiger partial charge in [-0.15, -0.1) is 11.3 Å². The molecule has 5 rings (SSSR count). The van der Waals surface area contributed by atoms with Gasteiger partial charge in [-0.05, 0) is 60.7 Å². The van der Waals surface area contributed by atoms with E-state index in [4.69, 9.17) is 0 Å². The van der Waals surface area contributed by atoms with Crippen LogP contribution in [0.3, 0.4) is 0 Å². The lowest BCUT2D eigenvalue weighted by molar-refractivity contribution is -0.116. The van der Waals surface area contributed by atoms with Gasteiger partial charge in [0.2, 0.25) is 0 Å². The Labute approximate surface area is 183 Å². The molecule has 1 N–H and O–H groups in total. The van der Waals surface area contributed by atoms with Crippen molar-refractivity contribution in [1.29, 1.82) is 0 Å². The Bertz CT molecular complexity index is 1280. The maximum absolute atomic E-state index is 13.9. The molecular formula is C23H19FN2O3S2. The maximum Gasteiger partial charge on any atom is 0.265 e. The first-order chi connectivity index (χ1) is 15.0. The number of carbonyl (C=O) groups is 1. The summed E-state index contributed by atoms with van der Waals surface area (Å²) in [5, 5.41) is 5.21. The summed E-state index contributed by atoms with van der Waals surface area (Å²) < 4.78 is 42.7. The molecule has 158 valence electrons. The number of hydrogen-bond donors (Lipinski definition) is 1. The molecule has 8 heteroatoms. The Morgan fingerprint density at radius 2 is 1.77 bits per heavy atom. The first-order valence-corrected chi connectivity index (χ1v) is 12.2. The van der Waals surface area contributed by atoms with Crippen molar-refractivity contribution in [3.8, 4) is 0 Å². The van der Waals surface area contributed by atoms with Gasteiger partial charge >= 0.3 is 0 Å². The van der Waals surface area contributed by atoms with E-state index in [1.165, 1.54) is 27.8 Å². The zero-order valence-electron chi connectivity index (χ0n) is 16.4. The average molecular weight is 455 g/mol. The second-order valence-electron chi connectivity index (χ2n) is 7.48. The predicted molar refractivity (Wildman–Crippen MR) is 119 cm³/mol. The molecule has 2 heterocycles. The minimum absolute atomic E-state index is 0.0300. The molecule has 0 spiro atoms. The zero-order chi connectivity index (χ0) is 21.6. The van der Waals surface area contributed by atoms with Crippen LogP contribution in [0.2, 0.25) is 0 Å². The van der Waals surface area contributed by atoms with Gasteiger partial charge in [0.05, 0.1) is 16.3 Å². The van der Waals surface area contributed by atoms with Crippen LogP contribution >= 0.6 is 11.3 Å². The summed E-state index contributed by atoms with van der Waals surface area (Å²) in [6.45, 7) is 0. The van der Waals surface area contributed by atoms with Gasteiger partial charge in [0, 0.05) is 22.6 Å². The fourth-order valence-corrected chi connectivity index (χ4v) is 6.71. The highest BCUT2D eigenvalue weighted by Gasteiger charge is 2.42. The van der Waals surface area contributed by atoms with E-state index < -0.39 is 21.9 Å². The topological polar surface area (TPSA) is 66.5 Å². The number of rotatable bonds is 3. The summed E-state index contributed by atoms with van der Waals surface area (Å²) in [4.78, 5) is 13.9. The number of nitrogens with one attached hydrogen (secondary N) is 1. The van der Waals surface area contributed by atoms with Crippen LogP contribution < -0.4 is 9.62 Å². The van der Waals surface area contributed by atoms with Crippen LogP contribution in [0.25, 0.3) is 0 Å². The quantitative estimate of drug-likeness (QED) is 0.587. The van der Waals surface area contributed by atoms with E-state index in [-0.39, 0.29) is 10.7 Å². The fourth-order valence-electron chi connectivity index (χ4n) is 4.19. The van der Waals surface area contributed by atoms with Gasteiger partial charge in [0.15, 0.2) is 5.78 Å². The monoisotopic (exact) mass is 454 g/mol. The summed E-state index contributed by atoms with van der Waals surface area (Å²) >= 11 is 1.41. The number of sulfonamides is 1. The number of thiophene rings is 1. The van der Waals surface area contributed by atoms with Crippen LogP contribution in [-0.2, 0) is 14.8 Å². The van der Waals surface area contributed by atoms with Gasteiger partial charge in [-0.3, -0.25) is 9.10 Å². The van der Waals surface area contributed by atoms with Gasteiger partial charge in [-0.2, -0.15) is 0 Å². The molecular weight excluding hydrogens is 435 g/mol. The zero-order valence-corrected chi connectivity index (χ0v) is 18.0. The Hall–Kier alpha value is -2.97. The van der Waals surface area contributed by atoms with E-state index in [2.05, 4.69) is 5.32 Å². The molecule has 0 fully saturated rings. The van der Waals surface area contributed by atoms with Crippen LogP contribution in [0, 0.1) is 5.82 Å². The number of carbonyl (C=O) groups excluding carboxylic acids is 1. The van der Waals surface area contributed by atoms with E-state index in [1.807, 2.05) is 29.6 Å². The third-order valence-electron chi connectivity index (χ3n) is 5.57. The summed E-state index contributed by atoms with van der Waals surface area (Å²) in [5.74, 6) is -0.571. The van der Waals surface area contributed by atoms with Crippen molar-refractivity contribution in [3.63, 3.8) is 0 Å². The number of halogens is 1. The Morgan fingerprint density at radius 3 is 2.52 bits per heavy atom. The van der Waals surface area contributed by atoms with Crippen LogP contribution in [0.4, 0.5) is 15.8 Å². The van der Waals surface area contributed by atoms with Gasteiger partial charge in [-0.1, -0.05) is 18.2 Å². The molecule has 0 radical (unpaired) electrons. The van der Waals surface area contributed by atoms with Gasteiger partial charge in [0.25, 0.3) is 10.0 Å². The summed E-state index contributed by atoms with van der Waals surface area (Å²) in [6, 6.07) is 14.8. The van der Waals surface area contributed by atoms with Gasteiger partial charge in [0.1, 0.15) is 11.9 Å². The molecule has 0 amide bonds. The Kier molecular flexibility index (Phi) is 4.91. The van der Waals surface area contributed by atoms with Crippen molar-refractivity contribution in [2.45, 2.75) is 30.2 Å². The molecule has 1 aliphatic carbocycles. The van der Waals surface area contributed by atoms with Crippen molar-refractivity contribution < 1.29 is 17.6 Å². The molecule has 1 aromatic heterocycles. The van der Waals surface area contributed by atoms with E-state index in [1.54, 1.807) is 12.1 Å². The number of hydrogen-bond acceptors (Lipinski definition) is 5. The molecule has 2 aromatic carbocycles. The van der Waals surface area contributed by atoms with E-state index in [9.17, 15) is 17.6 Å². The average Bonchev–Trinajstić information content (AvgIpc) is 3.23. The first kappa shape index (κ1) is 20.0. The number of ketones is 1. The van der Waals surface area contributed by atoms with Crippen LogP contribution in [0.5, 0.6) is 0 Å². The smallest absolute Gasteiger partial charge is 0.265 e. The second-order valence-corrected chi connectivity index (χ2v) is 10.3. The molecule has 2 aliphatic rings. The summed E-state index contributed by atoms with van der Waals surface area (Å²) in [5.41, 5.74) is 2.32. The molecule has 0 saturated carbocycles. The van der Waals surface area contributed by atoms with Crippen LogP contribution in [0.1, 0.15) is 30.2 Å². The number of Topliss-reactive ketones (excluding diaryl/α,β-unsaturated/α-hetero) is 1. The maximum atomic E-state index is 13.9. The summed E-state index contributed by atoms with van der Waals surface area (Å²) in [7, 11) is -4.12. The van der Waals surface area contributed by atoms with Crippen molar-refractivity contribution in [2.75, 3.05) is 9.62 Å². The molecule has 31 heavy (non-hydrogen) atoms. The molecule has 0 bridgehead atoms. The number of para-hydroxylation sites is 2. The Morgan fingerprint density at radius 1 is 1.00 bits per heavy atom. The largest absolute Gasteiger partial charge is 0.357 e. The van der Waals surface area contributed by atoms with Gasteiger partial charge < -0.3 is 5.32 Å². The van der Waals surface area contributed by atoms with E-state index in [0.29, 0.717) is 36.2 Å². The highest BCUT2D eigenvalue weighted by molar-refractivity contribution is 7.92. The van der Waals surface area contributed by atoms with Crippen molar-refractivity contribution in [1.82, 2.24) is 0 Å². The normalized spacial score (nSPS) is 18.8. The lowest BCUT2D eigenvalue weighted by Gasteiger charge is -2.33. The third kappa shape index (κ3) is 3.36. The highest BCUT2D eigenvalue weighted by atomic mass is 32.2. The van der Waals surface area contributed by atoms with Crippen molar-refractivity contribution in [3.05, 3.63) is 88.0 Å². The number of allylic oxidation sites excluding steroid dienone is 1. The number of benzene rings is 2. The number of fused-ring (bicyclic) bond motifs is 1.